The molecule has 3 saturated heterocycles. The summed E-state index contributed by atoms with van der Waals surface area (Å²) in [5.74, 6) is 0.801. The average molecular weight is 326 g/mol. The van der Waals surface area contributed by atoms with Crippen LogP contribution in [-0.2, 0) is 19.0 Å². The summed E-state index contributed by atoms with van der Waals surface area (Å²) < 4.78 is 17.3. The second-order valence-corrected chi connectivity index (χ2v) is 7.47. The van der Waals surface area contributed by atoms with Gasteiger partial charge in [-0.05, 0) is 25.2 Å². The maximum Gasteiger partial charge on any atom is 0.248 e. The standard InChI is InChI=1S/C17H30N2O4/c1-18(2)16(20)11-22-15-5-8-23-17(9-15)12-19(13-17)10-14-3-6-21-7-4-14/h14-15H,3-13H2,1-2H3/t15-/m1/s1. The lowest BCUT2D eigenvalue weighted by Crippen LogP contribution is -2.66. The third-order valence-corrected chi connectivity index (χ3v) is 5.27. The highest BCUT2D eigenvalue weighted by molar-refractivity contribution is 5.76. The van der Waals surface area contributed by atoms with Gasteiger partial charge >= 0.3 is 0 Å². The first-order valence-corrected chi connectivity index (χ1v) is 8.82. The van der Waals surface area contributed by atoms with Crippen molar-refractivity contribution >= 4 is 5.91 Å². The van der Waals surface area contributed by atoms with E-state index in [-0.39, 0.29) is 24.2 Å². The minimum absolute atomic E-state index is 0.0281. The van der Waals surface area contributed by atoms with E-state index in [0.29, 0.717) is 0 Å². The van der Waals surface area contributed by atoms with Crippen LogP contribution in [0.1, 0.15) is 25.7 Å². The SMILES string of the molecule is CN(C)C(=O)CO[C@@H]1CCOC2(C1)CN(CC1CCOCC1)C2. The van der Waals surface area contributed by atoms with Crippen LogP contribution in [0.15, 0.2) is 0 Å². The number of nitrogens with zero attached hydrogens (tertiary/aromatic N) is 2. The molecule has 1 amide bonds. The van der Waals surface area contributed by atoms with Gasteiger partial charge in [0.25, 0.3) is 0 Å². The summed E-state index contributed by atoms with van der Waals surface area (Å²) in [5.41, 5.74) is -0.0325. The van der Waals surface area contributed by atoms with E-state index in [1.165, 1.54) is 19.4 Å². The largest absolute Gasteiger partial charge is 0.381 e. The first-order chi connectivity index (χ1) is 11.1. The number of hydrogen-bond acceptors (Lipinski definition) is 5. The van der Waals surface area contributed by atoms with E-state index >= 15 is 0 Å². The van der Waals surface area contributed by atoms with Gasteiger partial charge in [0, 0.05) is 60.0 Å². The fourth-order valence-electron chi connectivity index (χ4n) is 3.86. The second-order valence-electron chi connectivity index (χ2n) is 7.47. The van der Waals surface area contributed by atoms with E-state index in [1.807, 2.05) is 0 Å². The van der Waals surface area contributed by atoms with Gasteiger partial charge in [-0.15, -0.1) is 0 Å². The molecule has 3 rings (SSSR count). The molecule has 3 fully saturated rings. The monoisotopic (exact) mass is 326 g/mol. The molecule has 6 nitrogen and oxygen atoms in total. The van der Waals surface area contributed by atoms with Crippen LogP contribution >= 0.6 is 0 Å². The van der Waals surface area contributed by atoms with Gasteiger partial charge in [0.05, 0.1) is 11.7 Å². The van der Waals surface area contributed by atoms with E-state index in [9.17, 15) is 4.79 Å². The van der Waals surface area contributed by atoms with Crippen LogP contribution in [0.4, 0.5) is 0 Å². The fraction of sp³-hybridized carbons (Fsp3) is 0.941. The van der Waals surface area contributed by atoms with Gasteiger partial charge in [-0.25, -0.2) is 0 Å². The number of carbonyl (C=O) groups excluding carboxylic acids is 1. The van der Waals surface area contributed by atoms with Crippen molar-refractivity contribution < 1.29 is 19.0 Å². The molecule has 0 aromatic heterocycles. The molecular weight excluding hydrogens is 296 g/mol. The Morgan fingerprint density at radius 3 is 2.65 bits per heavy atom. The van der Waals surface area contributed by atoms with E-state index in [0.717, 1.165) is 51.7 Å². The summed E-state index contributed by atoms with van der Waals surface area (Å²) in [6, 6.07) is 0. The summed E-state index contributed by atoms with van der Waals surface area (Å²) in [5, 5.41) is 0. The van der Waals surface area contributed by atoms with Crippen LogP contribution in [0.2, 0.25) is 0 Å². The minimum atomic E-state index is -0.0325. The number of carbonyl (C=O) groups is 1. The predicted octanol–water partition coefficient (Wildman–Crippen LogP) is 0.751. The first-order valence-electron chi connectivity index (χ1n) is 8.82. The molecule has 3 aliphatic rings. The van der Waals surface area contributed by atoms with Gasteiger partial charge < -0.3 is 19.1 Å². The molecule has 0 bridgehead atoms. The fourth-order valence-corrected chi connectivity index (χ4v) is 3.86. The molecule has 1 atom stereocenters. The van der Waals surface area contributed by atoms with Crippen molar-refractivity contribution in [2.75, 3.05) is 60.2 Å². The van der Waals surface area contributed by atoms with Crippen molar-refractivity contribution in [3.05, 3.63) is 0 Å². The van der Waals surface area contributed by atoms with Crippen LogP contribution in [0.5, 0.6) is 0 Å². The lowest BCUT2D eigenvalue weighted by atomic mass is 9.83. The summed E-state index contributed by atoms with van der Waals surface area (Å²) in [4.78, 5) is 15.7. The van der Waals surface area contributed by atoms with Gasteiger partial charge in [-0.1, -0.05) is 0 Å². The van der Waals surface area contributed by atoms with Gasteiger partial charge in [0.15, 0.2) is 0 Å². The highest BCUT2D eigenvalue weighted by Crippen LogP contribution is 2.36. The Kier molecular flexibility index (Phi) is 5.57. The molecule has 3 aliphatic heterocycles. The normalized spacial score (nSPS) is 28.5. The van der Waals surface area contributed by atoms with Gasteiger partial charge in [0.1, 0.15) is 6.61 Å². The molecular formula is C17H30N2O4. The number of ether oxygens (including phenoxy) is 3. The Morgan fingerprint density at radius 2 is 1.96 bits per heavy atom. The molecule has 23 heavy (non-hydrogen) atoms. The van der Waals surface area contributed by atoms with Crippen molar-refractivity contribution in [2.45, 2.75) is 37.4 Å². The Balaban J connectivity index is 1.40. The zero-order valence-electron chi connectivity index (χ0n) is 14.5. The Hall–Kier alpha value is -0.690. The van der Waals surface area contributed by atoms with E-state index in [1.54, 1.807) is 19.0 Å². The molecule has 0 aromatic rings. The quantitative estimate of drug-likeness (QED) is 0.746. The molecule has 6 heteroatoms. The molecule has 132 valence electrons. The van der Waals surface area contributed by atoms with Crippen molar-refractivity contribution in [3.63, 3.8) is 0 Å². The maximum absolute atomic E-state index is 11.7. The third kappa shape index (κ3) is 4.44. The van der Waals surface area contributed by atoms with Crippen LogP contribution in [0.3, 0.4) is 0 Å². The predicted molar refractivity (Wildman–Crippen MR) is 86.3 cm³/mol. The van der Waals surface area contributed by atoms with Crippen LogP contribution in [0, 0.1) is 5.92 Å². The highest BCUT2D eigenvalue weighted by atomic mass is 16.5. The molecule has 0 unspecified atom stereocenters. The Morgan fingerprint density at radius 1 is 1.22 bits per heavy atom. The molecule has 1 spiro atoms. The summed E-state index contributed by atoms with van der Waals surface area (Å²) in [7, 11) is 3.52. The van der Waals surface area contributed by atoms with Crippen LogP contribution in [-0.4, -0.2) is 87.6 Å². The number of amides is 1. The topological polar surface area (TPSA) is 51.2 Å². The van der Waals surface area contributed by atoms with Gasteiger partial charge in [-0.3, -0.25) is 9.69 Å². The van der Waals surface area contributed by atoms with E-state index in [4.69, 9.17) is 14.2 Å². The molecule has 0 saturated carbocycles. The van der Waals surface area contributed by atoms with Crippen LogP contribution < -0.4 is 0 Å². The second kappa shape index (κ2) is 7.47. The molecule has 0 N–H and O–H groups in total. The Bertz CT molecular complexity index is 403. The zero-order valence-corrected chi connectivity index (χ0v) is 14.5. The Labute approximate surface area is 139 Å². The summed E-state index contributed by atoms with van der Waals surface area (Å²) in [6.07, 6.45) is 4.32. The number of hydrogen-bond donors (Lipinski definition) is 0. The third-order valence-electron chi connectivity index (χ3n) is 5.27. The van der Waals surface area contributed by atoms with Crippen molar-refractivity contribution in [2.24, 2.45) is 5.92 Å². The van der Waals surface area contributed by atoms with Crippen molar-refractivity contribution in [1.82, 2.24) is 9.80 Å². The number of likely N-dealkylation sites (N-methyl/N-ethyl adjacent to an activating group) is 1. The first kappa shape index (κ1) is 17.1. The van der Waals surface area contributed by atoms with Crippen molar-refractivity contribution in [3.8, 4) is 0 Å². The molecule has 0 aromatic carbocycles. The number of likely N-dealkylation sites (tertiary alicyclic amines) is 1. The van der Waals surface area contributed by atoms with Gasteiger partial charge in [-0.2, -0.15) is 0 Å². The van der Waals surface area contributed by atoms with E-state index in [2.05, 4.69) is 4.90 Å². The number of rotatable bonds is 5. The molecule has 0 radical (unpaired) electrons. The summed E-state index contributed by atoms with van der Waals surface area (Å²) >= 11 is 0. The van der Waals surface area contributed by atoms with E-state index < -0.39 is 0 Å². The lowest BCUT2D eigenvalue weighted by molar-refractivity contribution is -0.200. The highest BCUT2D eigenvalue weighted by Gasteiger charge is 2.48. The zero-order chi connectivity index (χ0) is 16.3. The maximum atomic E-state index is 11.7. The average Bonchev–Trinajstić information content (AvgIpc) is 2.52. The minimum Gasteiger partial charge on any atom is -0.381 e. The van der Waals surface area contributed by atoms with Gasteiger partial charge in [0.2, 0.25) is 5.91 Å². The van der Waals surface area contributed by atoms with Crippen molar-refractivity contribution in [1.29, 1.82) is 0 Å². The van der Waals surface area contributed by atoms with Crippen LogP contribution in [0.25, 0.3) is 0 Å². The molecule has 0 aliphatic carbocycles. The molecule has 3 heterocycles. The summed E-state index contributed by atoms with van der Waals surface area (Å²) in [6.45, 7) is 5.92. The lowest BCUT2D eigenvalue weighted by Gasteiger charge is -2.54. The smallest absolute Gasteiger partial charge is 0.248 e.